The molecule has 2 heterocycles. The van der Waals surface area contributed by atoms with Gasteiger partial charge in [-0.1, -0.05) is 17.7 Å². The summed E-state index contributed by atoms with van der Waals surface area (Å²) in [6, 6.07) is 15.7. The van der Waals surface area contributed by atoms with E-state index in [0.717, 1.165) is 35.4 Å². The van der Waals surface area contributed by atoms with Gasteiger partial charge in [0.15, 0.2) is 0 Å². The molecule has 0 spiro atoms. The summed E-state index contributed by atoms with van der Waals surface area (Å²) in [5.41, 5.74) is 2.83. The fourth-order valence-corrected chi connectivity index (χ4v) is 3.80. The first-order valence-electron chi connectivity index (χ1n) is 9.00. The van der Waals surface area contributed by atoms with Crippen molar-refractivity contribution in [2.75, 3.05) is 38.2 Å². The molecule has 140 valence electrons. The number of hydrogen-bond acceptors (Lipinski definition) is 3. The van der Waals surface area contributed by atoms with Crippen LogP contribution in [0.2, 0.25) is 5.02 Å². The highest BCUT2D eigenvalue weighted by atomic mass is 35.5. The van der Waals surface area contributed by atoms with Gasteiger partial charge in [0.05, 0.1) is 7.11 Å². The van der Waals surface area contributed by atoms with Crippen molar-refractivity contribution in [1.82, 2.24) is 9.47 Å². The van der Waals surface area contributed by atoms with E-state index in [1.54, 1.807) is 7.11 Å². The number of amides is 1. The lowest BCUT2D eigenvalue weighted by molar-refractivity contribution is 0.0737. The second kappa shape index (κ2) is 7.16. The first kappa shape index (κ1) is 17.7. The van der Waals surface area contributed by atoms with E-state index >= 15 is 0 Å². The topological polar surface area (TPSA) is 37.7 Å². The Bertz CT molecular complexity index is 973. The van der Waals surface area contributed by atoms with Crippen LogP contribution in [0.5, 0.6) is 5.75 Å². The van der Waals surface area contributed by atoms with Gasteiger partial charge in [-0.25, -0.2) is 0 Å². The van der Waals surface area contributed by atoms with Crippen LogP contribution in [0.4, 0.5) is 5.69 Å². The van der Waals surface area contributed by atoms with Crippen LogP contribution in [-0.2, 0) is 7.05 Å². The number of hydrogen-bond donors (Lipinski definition) is 0. The lowest BCUT2D eigenvalue weighted by atomic mass is 10.2. The molecule has 0 aliphatic carbocycles. The molecule has 1 aliphatic rings. The largest absolute Gasteiger partial charge is 0.497 e. The molecule has 0 N–H and O–H groups in total. The number of piperazine rings is 1. The summed E-state index contributed by atoms with van der Waals surface area (Å²) in [5.74, 6) is 0.919. The zero-order valence-corrected chi connectivity index (χ0v) is 16.2. The third kappa shape index (κ3) is 3.35. The summed E-state index contributed by atoms with van der Waals surface area (Å²) in [6.07, 6.45) is 0. The van der Waals surface area contributed by atoms with E-state index < -0.39 is 0 Å². The first-order valence-corrected chi connectivity index (χ1v) is 9.38. The van der Waals surface area contributed by atoms with Gasteiger partial charge >= 0.3 is 0 Å². The van der Waals surface area contributed by atoms with Gasteiger partial charge in [-0.05, 0) is 42.5 Å². The second-order valence-electron chi connectivity index (χ2n) is 6.77. The number of methoxy groups -OCH3 is 1. The van der Waals surface area contributed by atoms with Gasteiger partial charge < -0.3 is 19.1 Å². The molecule has 3 aromatic rings. The Balaban J connectivity index is 1.47. The van der Waals surface area contributed by atoms with Gasteiger partial charge in [-0.15, -0.1) is 0 Å². The maximum Gasteiger partial charge on any atom is 0.270 e. The minimum atomic E-state index is 0.0687. The van der Waals surface area contributed by atoms with Gasteiger partial charge in [0, 0.05) is 54.8 Å². The van der Waals surface area contributed by atoms with E-state index in [1.165, 1.54) is 0 Å². The van der Waals surface area contributed by atoms with Crippen LogP contribution in [0.25, 0.3) is 10.9 Å². The average molecular weight is 384 g/mol. The van der Waals surface area contributed by atoms with Crippen LogP contribution >= 0.6 is 11.6 Å². The standard InChI is InChI=1S/C21H22ClN3O2/c1-23-19-14-16(22)4-3-15(19)13-20(23)21(26)25-11-9-24(10-12-25)17-5-7-18(27-2)8-6-17/h3-8,13-14H,9-12H2,1-2H3. The van der Waals surface area contributed by atoms with Crippen LogP contribution in [0.1, 0.15) is 10.5 Å². The Morgan fingerprint density at radius 3 is 2.37 bits per heavy atom. The highest BCUT2D eigenvalue weighted by Gasteiger charge is 2.24. The molecule has 1 saturated heterocycles. The van der Waals surface area contributed by atoms with Crippen LogP contribution in [0, 0.1) is 0 Å². The number of ether oxygens (including phenoxy) is 1. The molecule has 0 radical (unpaired) electrons. The monoisotopic (exact) mass is 383 g/mol. The smallest absolute Gasteiger partial charge is 0.270 e. The molecule has 5 nitrogen and oxygen atoms in total. The van der Waals surface area contributed by atoms with Gasteiger partial charge in [0.25, 0.3) is 5.91 Å². The lowest BCUT2D eigenvalue weighted by Gasteiger charge is -2.36. The fourth-order valence-electron chi connectivity index (χ4n) is 3.63. The Morgan fingerprint density at radius 1 is 1.00 bits per heavy atom. The molecule has 0 atom stereocenters. The Hall–Kier alpha value is -2.66. The van der Waals surface area contributed by atoms with Crippen LogP contribution < -0.4 is 9.64 Å². The third-order valence-electron chi connectivity index (χ3n) is 5.23. The number of carbonyl (C=O) groups excluding carboxylic acids is 1. The predicted molar refractivity (Wildman–Crippen MR) is 109 cm³/mol. The Kier molecular flexibility index (Phi) is 4.70. The average Bonchev–Trinajstić information content (AvgIpc) is 3.04. The van der Waals surface area contributed by atoms with Crippen molar-refractivity contribution in [2.45, 2.75) is 0 Å². The normalized spacial score (nSPS) is 14.6. The maximum atomic E-state index is 13.0. The van der Waals surface area contributed by atoms with Crippen LogP contribution in [-0.4, -0.2) is 48.7 Å². The predicted octanol–water partition coefficient (Wildman–Crippen LogP) is 3.80. The molecule has 1 fully saturated rings. The highest BCUT2D eigenvalue weighted by Crippen LogP contribution is 2.25. The number of nitrogens with zero attached hydrogens (tertiary/aromatic N) is 3. The minimum absolute atomic E-state index is 0.0687. The molecule has 0 unspecified atom stereocenters. The molecular formula is C21H22ClN3O2. The van der Waals surface area contributed by atoms with Crippen molar-refractivity contribution >= 4 is 34.1 Å². The second-order valence-corrected chi connectivity index (χ2v) is 7.21. The van der Waals surface area contributed by atoms with Crippen molar-refractivity contribution in [3.8, 4) is 5.75 Å². The lowest BCUT2D eigenvalue weighted by Crippen LogP contribution is -2.49. The van der Waals surface area contributed by atoms with E-state index in [1.807, 2.05) is 52.9 Å². The Labute approximate surface area is 163 Å². The molecule has 6 heteroatoms. The van der Waals surface area contributed by atoms with E-state index in [-0.39, 0.29) is 5.91 Å². The van der Waals surface area contributed by atoms with Gasteiger partial charge in [0.1, 0.15) is 11.4 Å². The zero-order chi connectivity index (χ0) is 19.0. The third-order valence-corrected chi connectivity index (χ3v) is 5.47. The summed E-state index contributed by atoms with van der Waals surface area (Å²) >= 11 is 6.10. The van der Waals surface area contributed by atoms with Gasteiger partial charge in [-0.3, -0.25) is 4.79 Å². The van der Waals surface area contributed by atoms with Crippen molar-refractivity contribution in [2.24, 2.45) is 7.05 Å². The number of aryl methyl sites for hydroxylation is 1. The molecule has 1 aromatic heterocycles. The summed E-state index contributed by atoms with van der Waals surface area (Å²) in [5, 5.41) is 1.71. The Morgan fingerprint density at radius 2 is 1.70 bits per heavy atom. The van der Waals surface area contributed by atoms with E-state index in [0.29, 0.717) is 23.8 Å². The molecule has 0 saturated carbocycles. The number of aromatic nitrogens is 1. The maximum absolute atomic E-state index is 13.0. The zero-order valence-electron chi connectivity index (χ0n) is 15.5. The summed E-state index contributed by atoms with van der Waals surface area (Å²) in [4.78, 5) is 17.3. The fraction of sp³-hybridized carbons (Fsp3) is 0.286. The summed E-state index contributed by atoms with van der Waals surface area (Å²) in [7, 11) is 3.58. The molecule has 2 aromatic carbocycles. The SMILES string of the molecule is COc1ccc(N2CCN(C(=O)c3cc4ccc(Cl)cc4n3C)CC2)cc1. The quantitative estimate of drug-likeness (QED) is 0.690. The number of rotatable bonds is 3. The van der Waals surface area contributed by atoms with E-state index in [2.05, 4.69) is 17.0 Å². The van der Waals surface area contributed by atoms with Crippen molar-refractivity contribution < 1.29 is 9.53 Å². The molecule has 1 amide bonds. The number of anilines is 1. The molecule has 1 aliphatic heterocycles. The molecule has 0 bridgehead atoms. The number of fused-ring (bicyclic) bond motifs is 1. The van der Waals surface area contributed by atoms with Crippen LogP contribution in [0.3, 0.4) is 0 Å². The minimum Gasteiger partial charge on any atom is -0.497 e. The van der Waals surface area contributed by atoms with Gasteiger partial charge in [-0.2, -0.15) is 0 Å². The highest BCUT2D eigenvalue weighted by molar-refractivity contribution is 6.31. The van der Waals surface area contributed by atoms with Crippen molar-refractivity contribution in [3.63, 3.8) is 0 Å². The van der Waals surface area contributed by atoms with E-state index in [9.17, 15) is 4.79 Å². The first-order chi connectivity index (χ1) is 13.1. The van der Waals surface area contributed by atoms with E-state index in [4.69, 9.17) is 16.3 Å². The number of benzene rings is 2. The number of carbonyl (C=O) groups is 1. The summed E-state index contributed by atoms with van der Waals surface area (Å²) < 4.78 is 7.15. The van der Waals surface area contributed by atoms with Crippen molar-refractivity contribution in [3.05, 3.63) is 59.2 Å². The molecule has 4 rings (SSSR count). The number of halogens is 1. The molecule has 27 heavy (non-hydrogen) atoms. The molecular weight excluding hydrogens is 362 g/mol. The summed E-state index contributed by atoms with van der Waals surface area (Å²) in [6.45, 7) is 3.03. The van der Waals surface area contributed by atoms with Crippen LogP contribution in [0.15, 0.2) is 48.5 Å². The van der Waals surface area contributed by atoms with Crippen molar-refractivity contribution in [1.29, 1.82) is 0 Å². The van der Waals surface area contributed by atoms with Gasteiger partial charge in [0.2, 0.25) is 0 Å².